The van der Waals surface area contributed by atoms with Crippen LogP contribution in [0.3, 0.4) is 0 Å². The number of benzene rings is 1. The van der Waals surface area contributed by atoms with Crippen molar-refractivity contribution in [1.29, 1.82) is 5.39 Å². The topological polar surface area (TPSA) is 37.4 Å². The molecule has 0 bridgehead atoms. The third-order valence-electron chi connectivity index (χ3n) is 1.25. The molecular formula is C7H6Cl4N2OZn. The first-order valence-corrected chi connectivity index (χ1v) is 11.7. The second kappa shape index (κ2) is 10.7. The van der Waals surface area contributed by atoms with E-state index in [0.29, 0.717) is 16.5 Å². The van der Waals surface area contributed by atoms with Crippen LogP contribution in [-0.2, 0) is 15.1 Å². The molecule has 0 saturated carbocycles. The molecule has 15 heavy (non-hydrogen) atoms. The summed E-state index contributed by atoms with van der Waals surface area (Å²) in [4.78, 5) is 2.99. The summed E-state index contributed by atoms with van der Waals surface area (Å²) in [7, 11) is 11.4. The van der Waals surface area contributed by atoms with Crippen LogP contribution in [0.2, 0.25) is 5.02 Å². The second-order valence-corrected chi connectivity index (χ2v) is 7.08. The van der Waals surface area contributed by atoms with Crippen molar-refractivity contribution < 1.29 is 32.3 Å². The van der Waals surface area contributed by atoms with Gasteiger partial charge in [0.15, 0.2) is 4.98 Å². The Balaban J connectivity index is 0. The van der Waals surface area contributed by atoms with Gasteiger partial charge in [-0.15, -0.1) is 0 Å². The van der Waals surface area contributed by atoms with Crippen LogP contribution < -0.4 is 17.1 Å². The zero-order chi connectivity index (χ0) is 11.0. The molecule has 0 atom stereocenters. The molecule has 0 amide bonds. The first-order chi connectivity index (χ1) is 6.69. The Morgan fingerprint density at radius 2 is 1.93 bits per heavy atom. The number of rotatable bonds is 1. The van der Waals surface area contributed by atoms with Gasteiger partial charge < -0.3 is 17.1 Å². The summed E-state index contributed by atoms with van der Waals surface area (Å²) >= 11 is 4.70. The third kappa shape index (κ3) is 7.16. The zero-order valence-electron chi connectivity index (χ0n) is 7.75. The normalized spacial score (nSPS) is 7.13. The SMILES string of the molecule is COc1ccc(Cl)cc1[N+]#N.[Cl-].[Cl][Zn][Cl]. The minimum absolute atomic E-state index is 0. The molecule has 0 aliphatic heterocycles. The van der Waals surface area contributed by atoms with Crippen molar-refractivity contribution in [3.63, 3.8) is 0 Å². The third-order valence-corrected chi connectivity index (χ3v) is 1.48. The molecule has 0 heterocycles. The quantitative estimate of drug-likeness (QED) is 0.569. The van der Waals surface area contributed by atoms with Gasteiger partial charge in [-0.2, -0.15) is 0 Å². The van der Waals surface area contributed by atoms with Gasteiger partial charge in [-0.25, -0.2) is 0 Å². The van der Waals surface area contributed by atoms with Crippen molar-refractivity contribution in [1.82, 2.24) is 0 Å². The van der Waals surface area contributed by atoms with Crippen LogP contribution in [0.5, 0.6) is 5.75 Å². The van der Waals surface area contributed by atoms with Gasteiger partial charge in [0.05, 0.1) is 13.2 Å². The van der Waals surface area contributed by atoms with E-state index in [4.69, 9.17) is 41.1 Å². The van der Waals surface area contributed by atoms with Crippen molar-refractivity contribution in [3.8, 4) is 5.75 Å². The summed E-state index contributed by atoms with van der Waals surface area (Å²) in [6.45, 7) is 0. The van der Waals surface area contributed by atoms with E-state index in [2.05, 4.69) is 4.98 Å². The van der Waals surface area contributed by atoms with Crippen molar-refractivity contribution in [3.05, 3.63) is 28.2 Å². The molecule has 0 N–H and O–H groups in total. The first kappa shape index (κ1) is 17.6. The number of methoxy groups -OCH3 is 1. The molecule has 1 aromatic carbocycles. The van der Waals surface area contributed by atoms with E-state index in [1.54, 1.807) is 12.1 Å². The first-order valence-electron chi connectivity index (χ1n) is 3.50. The molecule has 0 aromatic heterocycles. The summed E-state index contributed by atoms with van der Waals surface area (Å²) in [5.41, 5.74) is 0.333. The molecule has 0 unspecified atom stereocenters. The predicted molar refractivity (Wildman–Crippen MR) is 54.5 cm³/mol. The van der Waals surface area contributed by atoms with Crippen LogP contribution in [0.25, 0.3) is 4.98 Å². The Morgan fingerprint density at radius 3 is 2.33 bits per heavy atom. The molecule has 80 valence electrons. The van der Waals surface area contributed by atoms with E-state index in [0.717, 1.165) is 0 Å². The van der Waals surface area contributed by atoms with E-state index in [9.17, 15) is 0 Å². The van der Waals surface area contributed by atoms with Crippen LogP contribution in [0.15, 0.2) is 18.2 Å². The molecule has 1 aromatic rings. The number of ether oxygens (including phenoxy) is 1. The fourth-order valence-electron chi connectivity index (χ4n) is 0.741. The molecular weight excluding hydrogens is 335 g/mol. The number of hydrogen-bond acceptors (Lipinski definition) is 2. The standard InChI is InChI=1S/C7H6ClN2O.3ClH.Zn/c1-11-7-3-2-5(8)4-6(7)10-9;;;;/h2-4H,1H3;3*1H;/q+1;;;;+2/p-3. The molecule has 3 nitrogen and oxygen atoms in total. The van der Waals surface area contributed by atoms with Gasteiger partial charge >= 0.3 is 40.2 Å². The molecule has 1 rings (SSSR count). The molecule has 8 heteroatoms. The Bertz CT molecular complexity index is 331. The van der Waals surface area contributed by atoms with Gasteiger partial charge in [-0.3, -0.25) is 0 Å². The van der Waals surface area contributed by atoms with E-state index in [-0.39, 0.29) is 12.4 Å². The van der Waals surface area contributed by atoms with Crippen LogP contribution in [0, 0.1) is 5.39 Å². The van der Waals surface area contributed by atoms with Crippen LogP contribution in [0.4, 0.5) is 5.69 Å². The number of diazo groups is 1. The number of hydrogen-bond donors (Lipinski definition) is 0. The van der Waals surface area contributed by atoms with Crippen molar-refractivity contribution in [2.24, 2.45) is 0 Å². The summed E-state index contributed by atoms with van der Waals surface area (Å²) in [5, 5.41) is 8.97. The molecule has 0 aliphatic rings. The van der Waals surface area contributed by atoms with Gasteiger partial charge in [0.25, 0.3) is 0 Å². The van der Waals surface area contributed by atoms with E-state index in [1.807, 2.05) is 0 Å². The Morgan fingerprint density at radius 1 is 1.40 bits per heavy atom. The van der Waals surface area contributed by atoms with E-state index in [1.165, 1.54) is 13.2 Å². The second-order valence-electron chi connectivity index (χ2n) is 2.02. The zero-order valence-corrected chi connectivity index (χ0v) is 13.7. The number of nitrogens with zero attached hydrogens (tertiary/aromatic N) is 2. The minimum atomic E-state index is -0.931. The Labute approximate surface area is 115 Å². The van der Waals surface area contributed by atoms with Gasteiger partial charge in [-0.05, 0) is 12.1 Å². The molecule has 0 spiro atoms. The molecule has 0 radical (unpaired) electrons. The Hall–Kier alpha value is 0.223. The van der Waals surface area contributed by atoms with E-state index < -0.39 is 15.1 Å². The van der Waals surface area contributed by atoms with Crippen LogP contribution >= 0.6 is 31.0 Å². The van der Waals surface area contributed by atoms with Crippen molar-refractivity contribution in [2.75, 3.05) is 7.11 Å². The number of halogens is 4. The molecule has 0 aliphatic carbocycles. The maximum absolute atomic E-state index is 8.46. The summed E-state index contributed by atoms with van der Waals surface area (Å²) in [6.07, 6.45) is 0. The average molecular weight is 341 g/mol. The summed E-state index contributed by atoms with van der Waals surface area (Å²) in [6, 6.07) is 4.81. The van der Waals surface area contributed by atoms with Gasteiger partial charge in [-0.1, -0.05) is 11.6 Å². The predicted octanol–water partition coefficient (Wildman–Crippen LogP) is 1.21. The van der Waals surface area contributed by atoms with Crippen LogP contribution in [-0.4, -0.2) is 7.11 Å². The Kier molecular flexibility index (Phi) is 12.6. The van der Waals surface area contributed by atoms with E-state index >= 15 is 0 Å². The molecule has 0 saturated heterocycles. The van der Waals surface area contributed by atoms with Gasteiger partial charge in [0.2, 0.25) is 11.1 Å². The maximum atomic E-state index is 8.46. The summed E-state index contributed by atoms with van der Waals surface area (Å²) < 4.78 is 4.88. The fourth-order valence-corrected chi connectivity index (χ4v) is 0.908. The fraction of sp³-hybridized carbons (Fsp3) is 0.143. The average Bonchev–Trinajstić information content (AvgIpc) is 2.19. The van der Waals surface area contributed by atoms with Gasteiger partial charge in [0.1, 0.15) is 0 Å². The van der Waals surface area contributed by atoms with Gasteiger partial charge in [0, 0.05) is 5.02 Å². The molecule has 0 fully saturated rings. The van der Waals surface area contributed by atoms with Crippen molar-refractivity contribution in [2.45, 2.75) is 0 Å². The van der Waals surface area contributed by atoms with Crippen molar-refractivity contribution >= 4 is 36.7 Å². The van der Waals surface area contributed by atoms with Crippen LogP contribution in [0.1, 0.15) is 0 Å². The monoisotopic (exact) mass is 338 g/mol. The summed E-state index contributed by atoms with van der Waals surface area (Å²) in [5.74, 6) is 0.497.